The Morgan fingerprint density at radius 1 is 0.900 bits per heavy atom. The van der Waals surface area contributed by atoms with Crippen LogP contribution < -0.4 is 0 Å². The lowest BCUT2D eigenvalue weighted by atomic mass is 10.2. The molecule has 0 aliphatic carbocycles. The molecule has 0 atom stereocenters. The van der Waals surface area contributed by atoms with Crippen molar-refractivity contribution in [3.05, 3.63) is 35.9 Å². The summed E-state index contributed by atoms with van der Waals surface area (Å²) < 4.78 is 88.8. The summed E-state index contributed by atoms with van der Waals surface area (Å²) in [4.78, 5) is 0. The molecule has 0 saturated heterocycles. The molecule has 0 unspecified atom stereocenters. The summed E-state index contributed by atoms with van der Waals surface area (Å²) in [6.45, 7) is 0. The van der Waals surface area contributed by atoms with Gasteiger partial charge in [0.2, 0.25) is 0 Å². The second kappa shape index (κ2) is 7.02. The first kappa shape index (κ1) is 18.8. The van der Waals surface area contributed by atoms with Gasteiger partial charge in [-0.2, -0.15) is 30.0 Å². The van der Waals surface area contributed by atoms with Gasteiger partial charge in [-0.3, -0.25) is 9.11 Å². The molecule has 116 valence electrons. The average molecular weight is 336 g/mol. The molecule has 0 fully saturated rings. The van der Waals surface area contributed by atoms with Crippen LogP contribution in [0, 0.1) is 0 Å². The smallest absolute Gasteiger partial charge is 0.285 e. The molecular weight excluding hydrogens is 325 g/mol. The zero-order valence-electron chi connectivity index (χ0n) is 9.78. The summed E-state index contributed by atoms with van der Waals surface area (Å²) in [7, 11) is -8.78. The molecule has 0 radical (unpaired) electrons. The van der Waals surface area contributed by atoms with Crippen LogP contribution in [0.2, 0.25) is 0 Å². The molecule has 0 bridgehead atoms. The molecule has 0 saturated carbocycles. The molecule has 0 aromatic heterocycles. The average Bonchev–Trinajstić information content (AvgIpc) is 2.10. The zero-order chi connectivity index (χ0) is 16.0. The van der Waals surface area contributed by atoms with Crippen molar-refractivity contribution in [2.75, 3.05) is 5.75 Å². The van der Waals surface area contributed by atoms with Gasteiger partial charge in [0.25, 0.3) is 20.2 Å². The molecule has 6 nitrogen and oxygen atoms in total. The van der Waals surface area contributed by atoms with Gasteiger partial charge in [0.15, 0.2) is 5.75 Å². The van der Waals surface area contributed by atoms with Gasteiger partial charge in [0, 0.05) is 0 Å². The maximum absolute atomic E-state index is 11.0. The van der Waals surface area contributed by atoms with E-state index in [2.05, 4.69) is 0 Å². The second-order valence-electron chi connectivity index (χ2n) is 3.55. The second-order valence-corrected chi connectivity index (χ2v) is 6.46. The van der Waals surface area contributed by atoms with Crippen molar-refractivity contribution in [2.45, 2.75) is 11.9 Å². The Bertz CT molecular complexity index is 607. The van der Waals surface area contributed by atoms with Crippen LogP contribution in [-0.2, 0) is 26.0 Å². The van der Waals surface area contributed by atoms with Crippen molar-refractivity contribution >= 4 is 20.2 Å². The number of benzene rings is 1. The van der Waals surface area contributed by atoms with Crippen LogP contribution in [0.5, 0.6) is 0 Å². The van der Waals surface area contributed by atoms with Gasteiger partial charge in [0.05, 0.1) is 0 Å². The van der Waals surface area contributed by atoms with E-state index in [4.69, 9.17) is 9.11 Å². The summed E-state index contributed by atoms with van der Waals surface area (Å²) in [5.41, 5.74) is 0.593. The topological polar surface area (TPSA) is 109 Å². The van der Waals surface area contributed by atoms with E-state index in [1.807, 2.05) is 0 Å². The molecule has 1 aromatic rings. The highest BCUT2D eigenvalue weighted by Crippen LogP contribution is 2.15. The van der Waals surface area contributed by atoms with Crippen LogP contribution in [0.25, 0.3) is 0 Å². The van der Waals surface area contributed by atoms with Gasteiger partial charge in [-0.25, -0.2) is 0 Å². The van der Waals surface area contributed by atoms with Crippen molar-refractivity contribution in [1.29, 1.82) is 0 Å². The number of rotatable bonds is 3. The molecule has 1 rings (SSSR count). The summed E-state index contributed by atoms with van der Waals surface area (Å²) in [6.07, 6.45) is -4.85. The summed E-state index contributed by atoms with van der Waals surface area (Å²) >= 11 is 0. The Kier molecular flexibility index (Phi) is 6.61. The first-order valence-electron chi connectivity index (χ1n) is 4.79. The van der Waals surface area contributed by atoms with E-state index in [0.29, 0.717) is 5.56 Å². The number of hydrogen-bond acceptors (Lipinski definition) is 4. The lowest BCUT2D eigenvalue weighted by Gasteiger charge is -2.00. The van der Waals surface area contributed by atoms with E-state index >= 15 is 0 Å². The third-order valence-corrected chi connectivity index (χ3v) is 2.93. The van der Waals surface area contributed by atoms with Crippen molar-refractivity contribution in [1.82, 2.24) is 0 Å². The Labute approximate surface area is 113 Å². The minimum Gasteiger partial charge on any atom is -0.285 e. The van der Waals surface area contributed by atoms with Gasteiger partial charge in [0.1, 0.15) is 5.75 Å². The summed E-state index contributed by atoms with van der Waals surface area (Å²) in [5.74, 6) is -2.49. The molecular formula is C9H11F3O6S2. The Morgan fingerprint density at radius 2 is 1.35 bits per heavy atom. The first-order valence-corrected chi connectivity index (χ1v) is 8.01. The van der Waals surface area contributed by atoms with Gasteiger partial charge in [-0.05, 0) is 5.56 Å². The van der Waals surface area contributed by atoms with E-state index in [0.717, 1.165) is 0 Å². The predicted octanol–water partition coefficient (Wildman–Crippen LogP) is 1.51. The van der Waals surface area contributed by atoms with Crippen LogP contribution in [0.1, 0.15) is 5.56 Å². The molecule has 0 aliphatic heterocycles. The molecule has 0 spiro atoms. The molecule has 0 aliphatic rings. The third-order valence-electron chi connectivity index (χ3n) is 1.54. The van der Waals surface area contributed by atoms with E-state index in [-0.39, 0.29) is 5.75 Å². The highest BCUT2D eigenvalue weighted by Gasteiger charge is 2.33. The van der Waals surface area contributed by atoms with Crippen LogP contribution in [0.4, 0.5) is 13.2 Å². The largest absolute Gasteiger partial charge is 0.405 e. The number of alkyl halides is 3. The Balaban J connectivity index is 0.000000370. The lowest BCUT2D eigenvalue weighted by Crippen LogP contribution is -2.21. The first-order chi connectivity index (χ1) is 8.79. The van der Waals surface area contributed by atoms with Crippen molar-refractivity contribution < 1.29 is 39.1 Å². The Hall–Kier alpha value is -1.17. The van der Waals surface area contributed by atoms with Gasteiger partial charge in [-0.1, -0.05) is 30.3 Å². The maximum Gasteiger partial charge on any atom is 0.405 e. The normalized spacial score (nSPS) is 12.4. The number of halogens is 3. The van der Waals surface area contributed by atoms with Crippen LogP contribution >= 0.6 is 0 Å². The van der Waals surface area contributed by atoms with E-state index in [9.17, 15) is 30.0 Å². The fourth-order valence-electron chi connectivity index (χ4n) is 0.992. The van der Waals surface area contributed by atoms with Crippen LogP contribution in [0.3, 0.4) is 0 Å². The van der Waals surface area contributed by atoms with Crippen LogP contribution in [-0.4, -0.2) is 37.9 Å². The van der Waals surface area contributed by atoms with Gasteiger partial charge >= 0.3 is 6.18 Å². The van der Waals surface area contributed by atoms with E-state index < -0.39 is 32.2 Å². The van der Waals surface area contributed by atoms with Gasteiger partial charge in [-0.15, -0.1) is 0 Å². The van der Waals surface area contributed by atoms with Crippen LogP contribution in [0.15, 0.2) is 30.3 Å². The van der Waals surface area contributed by atoms with E-state index in [1.54, 1.807) is 30.3 Å². The van der Waals surface area contributed by atoms with Gasteiger partial charge < -0.3 is 0 Å². The zero-order valence-corrected chi connectivity index (χ0v) is 11.4. The lowest BCUT2D eigenvalue weighted by molar-refractivity contribution is -0.107. The third kappa shape index (κ3) is 13.3. The highest BCUT2D eigenvalue weighted by atomic mass is 32.2. The monoisotopic (exact) mass is 336 g/mol. The molecule has 0 amide bonds. The predicted molar refractivity (Wildman–Crippen MR) is 64.2 cm³/mol. The quantitative estimate of drug-likeness (QED) is 0.810. The molecule has 20 heavy (non-hydrogen) atoms. The van der Waals surface area contributed by atoms with E-state index in [1.165, 1.54) is 0 Å². The van der Waals surface area contributed by atoms with Crippen molar-refractivity contribution in [3.63, 3.8) is 0 Å². The van der Waals surface area contributed by atoms with Crippen molar-refractivity contribution in [3.8, 4) is 0 Å². The highest BCUT2D eigenvalue weighted by molar-refractivity contribution is 7.85. The standard InChI is InChI=1S/C7H8O3S.C2H3F3O3S/c8-11(9,10)6-7-4-2-1-3-5-7;3-2(4,5)1-9(6,7)8/h1-5H,6H2,(H,8,9,10);1H2,(H,6,7,8). The molecule has 0 heterocycles. The fraction of sp³-hybridized carbons (Fsp3) is 0.333. The molecule has 1 aromatic carbocycles. The SMILES string of the molecule is O=S(=O)(O)CC(F)(F)F.O=S(=O)(O)Cc1ccccc1. The fourth-order valence-corrected chi connectivity index (χ4v) is 2.02. The summed E-state index contributed by atoms with van der Waals surface area (Å²) in [6, 6.07) is 8.52. The molecule has 2 N–H and O–H groups in total. The molecule has 11 heteroatoms. The Morgan fingerprint density at radius 3 is 1.60 bits per heavy atom. The summed E-state index contributed by atoms with van der Waals surface area (Å²) in [5, 5.41) is 0. The maximum atomic E-state index is 11.0. The number of hydrogen-bond donors (Lipinski definition) is 2. The van der Waals surface area contributed by atoms with Crippen molar-refractivity contribution in [2.24, 2.45) is 0 Å². The minimum atomic E-state index is -4.91. The minimum absolute atomic E-state index is 0.312.